The molecule has 3 unspecified atom stereocenters. The highest BCUT2D eigenvalue weighted by atomic mass is 16.1. The Bertz CT molecular complexity index is 691. The molecule has 3 fully saturated rings. The molecule has 0 aromatic heterocycles. The van der Waals surface area contributed by atoms with Gasteiger partial charge in [-0.25, -0.2) is 0 Å². The van der Waals surface area contributed by atoms with Crippen LogP contribution >= 0.6 is 0 Å². The van der Waals surface area contributed by atoms with E-state index >= 15 is 0 Å². The lowest BCUT2D eigenvalue weighted by molar-refractivity contribution is -0.120. The number of carbonyl (C=O) groups excluding carboxylic acids is 1. The smallest absolute Gasteiger partial charge is 0.129 e. The van der Waals surface area contributed by atoms with Gasteiger partial charge in [0, 0.05) is 11.8 Å². The van der Waals surface area contributed by atoms with Crippen molar-refractivity contribution >= 4 is 6.29 Å². The predicted octanol–water partition coefficient (Wildman–Crippen LogP) is 3.75. The number of aldehydes is 1. The molecule has 0 radical (unpaired) electrons. The molecule has 3 nitrogen and oxygen atoms in total. The van der Waals surface area contributed by atoms with Crippen molar-refractivity contribution in [2.75, 3.05) is 0 Å². The van der Waals surface area contributed by atoms with Gasteiger partial charge in [-0.15, -0.1) is 0 Å². The molecule has 0 spiro atoms. The number of nitriles is 2. The van der Waals surface area contributed by atoms with Crippen LogP contribution in [0.4, 0.5) is 0 Å². The third kappa shape index (κ3) is 2.06. The third-order valence-corrected chi connectivity index (χ3v) is 5.57. The maximum Gasteiger partial charge on any atom is 0.129 e. The van der Waals surface area contributed by atoms with E-state index in [0.717, 1.165) is 30.3 Å². The van der Waals surface area contributed by atoms with Gasteiger partial charge in [-0.05, 0) is 41.7 Å². The number of hydrogen-bond donors (Lipinski definition) is 0. The highest BCUT2D eigenvalue weighted by Gasteiger charge is 2.53. The second kappa shape index (κ2) is 5.43. The molecular weight excluding hydrogens is 272 g/mol. The fourth-order valence-electron chi connectivity index (χ4n) is 4.48. The summed E-state index contributed by atoms with van der Waals surface area (Å²) in [6.45, 7) is 2.13. The molecule has 1 aromatic rings. The molecule has 4 atom stereocenters. The van der Waals surface area contributed by atoms with Crippen LogP contribution in [0.3, 0.4) is 0 Å². The van der Waals surface area contributed by atoms with E-state index in [9.17, 15) is 15.3 Å². The Kier molecular flexibility index (Phi) is 3.59. The molecular formula is C19H18N2O. The summed E-state index contributed by atoms with van der Waals surface area (Å²) in [6, 6.07) is 14.2. The molecule has 22 heavy (non-hydrogen) atoms. The molecule has 3 saturated carbocycles. The summed E-state index contributed by atoms with van der Waals surface area (Å²) in [5.41, 5.74) is 2.21. The monoisotopic (exact) mass is 290 g/mol. The third-order valence-electron chi connectivity index (χ3n) is 5.57. The van der Waals surface area contributed by atoms with Crippen LogP contribution in [-0.2, 0) is 4.79 Å². The Balaban J connectivity index is 2.16. The van der Waals surface area contributed by atoms with Crippen molar-refractivity contribution in [3.63, 3.8) is 0 Å². The first-order valence-electron chi connectivity index (χ1n) is 7.68. The topological polar surface area (TPSA) is 64.7 Å². The maximum atomic E-state index is 11.8. The van der Waals surface area contributed by atoms with E-state index in [1.807, 2.05) is 18.2 Å². The lowest BCUT2D eigenvalue weighted by atomic mass is 9.48. The van der Waals surface area contributed by atoms with Crippen LogP contribution in [0, 0.1) is 39.9 Å². The molecule has 110 valence electrons. The van der Waals surface area contributed by atoms with Gasteiger partial charge in [-0.2, -0.15) is 10.5 Å². The zero-order valence-corrected chi connectivity index (χ0v) is 12.6. The molecule has 0 heterocycles. The fourth-order valence-corrected chi connectivity index (χ4v) is 4.48. The number of nitrogens with zero attached hydrogens (tertiary/aromatic N) is 2. The van der Waals surface area contributed by atoms with Crippen LogP contribution in [0.15, 0.2) is 41.5 Å². The Morgan fingerprint density at radius 1 is 1.27 bits per heavy atom. The lowest BCUT2D eigenvalue weighted by Gasteiger charge is -2.54. The largest absolute Gasteiger partial charge is 0.303 e. The fraction of sp³-hybridized carbons (Fsp3) is 0.421. The molecule has 4 rings (SSSR count). The number of rotatable bonds is 2. The Labute approximate surface area is 130 Å². The minimum Gasteiger partial charge on any atom is -0.303 e. The number of allylic oxidation sites excluding steroid dienone is 2. The molecule has 0 aliphatic heterocycles. The van der Waals surface area contributed by atoms with Gasteiger partial charge in [0.2, 0.25) is 0 Å². The summed E-state index contributed by atoms with van der Waals surface area (Å²) >= 11 is 0. The molecule has 3 aliphatic rings. The predicted molar refractivity (Wildman–Crippen MR) is 82.4 cm³/mol. The first-order valence-corrected chi connectivity index (χ1v) is 7.68. The zero-order chi connectivity index (χ0) is 15.7. The van der Waals surface area contributed by atoms with Gasteiger partial charge in [0.1, 0.15) is 24.0 Å². The summed E-state index contributed by atoms with van der Waals surface area (Å²) in [7, 11) is 0. The normalized spacial score (nSPS) is 32.9. The maximum absolute atomic E-state index is 11.8. The van der Waals surface area contributed by atoms with Crippen LogP contribution in [0.5, 0.6) is 0 Å². The summed E-state index contributed by atoms with van der Waals surface area (Å²) in [5, 5.41) is 18.5. The van der Waals surface area contributed by atoms with E-state index in [1.165, 1.54) is 0 Å². The number of fused-ring (bicyclic) bond motifs is 3. The van der Waals surface area contributed by atoms with Gasteiger partial charge < -0.3 is 4.79 Å². The molecule has 3 aliphatic carbocycles. The summed E-state index contributed by atoms with van der Waals surface area (Å²) in [6.07, 6.45) is 3.72. The molecule has 2 bridgehead atoms. The molecule has 0 amide bonds. The van der Waals surface area contributed by atoms with Crippen LogP contribution in [0.1, 0.15) is 37.7 Å². The van der Waals surface area contributed by atoms with Gasteiger partial charge in [0.15, 0.2) is 0 Å². The summed E-state index contributed by atoms with van der Waals surface area (Å²) in [5.74, 6) is 0.169. The second-order valence-corrected chi connectivity index (χ2v) is 6.70. The van der Waals surface area contributed by atoms with E-state index in [2.05, 4.69) is 31.2 Å². The Morgan fingerprint density at radius 2 is 1.95 bits per heavy atom. The second-order valence-electron chi connectivity index (χ2n) is 6.70. The molecule has 0 saturated heterocycles. The van der Waals surface area contributed by atoms with E-state index in [-0.39, 0.29) is 28.7 Å². The number of carbonyl (C=O) groups is 1. The minimum atomic E-state index is -0.148. The van der Waals surface area contributed by atoms with Crippen LogP contribution in [-0.4, -0.2) is 6.29 Å². The highest BCUT2D eigenvalue weighted by molar-refractivity contribution is 5.61. The zero-order valence-electron chi connectivity index (χ0n) is 12.6. The van der Waals surface area contributed by atoms with Crippen molar-refractivity contribution in [1.29, 1.82) is 10.5 Å². The molecule has 1 aromatic carbocycles. The lowest BCUT2D eigenvalue weighted by Crippen LogP contribution is -2.47. The average molecular weight is 290 g/mol. The molecule has 3 heteroatoms. The minimum absolute atomic E-state index is 0.0453. The van der Waals surface area contributed by atoms with Crippen molar-refractivity contribution in [2.24, 2.45) is 17.3 Å². The van der Waals surface area contributed by atoms with Crippen LogP contribution < -0.4 is 0 Å². The van der Waals surface area contributed by atoms with E-state index in [4.69, 9.17) is 0 Å². The SMILES string of the molecule is C[C@]12CCC(C(=C(C#N)C#N)C1)C(c1ccccc1)C2C=O. The standard InChI is InChI=1S/C19H18N2O/c1-19-8-7-15(16(9-19)14(10-20)11-21)18(17(19)12-22)13-5-3-2-4-6-13/h2-6,12,15,17-18H,7-9H2,1H3/t15?,17?,18?,19-/m0/s1. The van der Waals surface area contributed by atoms with Crippen molar-refractivity contribution in [2.45, 2.75) is 32.1 Å². The van der Waals surface area contributed by atoms with Crippen LogP contribution in [0.2, 0.25) is 0 Å². The summed E-state index contributed by atoms with van der Waals surface area (Å²) in [4.78, 5) is 11.8. The molecule has 0 N–H and O–H groups in total. The highest BCUT2D eigenvalue weighted by Crippen LogP contribution is 2.61. The number of hydrogen-bond acceptors (Lipinski definition) is 3. The quantitative estimate of drug-likeness (QED) is 0.615. The van der Waals surface area contributed by atoms with Crippen molar-refractivity contribution in [1.82, 2.24) is 0 Å². The van der Waals surface area contributed by atoms with E-state index in [0.29, 0.717) is 6.42 Å². The Hall–Kier alpha value is -2.39. The summed E-state index contributed by atoms with van der Waals surface area (Å²) < 4.78 is 0. The van der Waals surface area contributed by atoms with E-state index in [1.54, 1.807) is 0 Å². The first kappa shape index (κ1) is 14.5. The average Bonchev–Trinajstić information content (AvgIpc) is 2.56. The van der Waals surface area contributed by atoms with Gasteiger partial charge in [0.25, 0.3) is 0 Å². The van der Waals surface area contributed by atoms with Gasteiger partial charge in [-0.3, -0.25) is 0 Å². The van der Waals surface area contributed by atoms with Crippen molar-refractivity contribution < 1.29 is 4.79 Å². The van der Waals surface area contributed by atoms with Crippen LogP contribution in [0.25, 0.3) is 0 Å². The van der Waals surface area contributed by atoms with Crippen molar-refractivity contribution in [3.05, 3.63) is 47.0 Å². The van der Waals surface area contributed by atoms with Gasteiger partial charge in [0.05, 0.1) is 0 Å². The van der Waals surface area contributed by atoms with Gasteiger partial charge >= 0.3 is 0 Å². The van der Waals surface area contributed by atoms with Gasteiger partial charge in [-0.1, -0.05) is 37.3 Å². The van der Waals surface area contributed by atoms with Crippen molar-refractivity contribution in [3.8, 4) is 12.1 Å². The first-order chi connectivity index (χ1) is 10.6. The Morgan fingerprint density at radius 3 is 2.55 bits per heavy atom. The van der Waals surface area contributed by atoms with E-state index < -0.39 is 0 Å². The number of benzene rings is 1.